The minimum Gasteiger partial charge on any atom is -0.394 e. The molecule has 0 saturated carbocycles. The topological polar surface area (TPSA) is 146 Å². The molecule has 4 atom stereocenters. The van der Waals surface area contributed by atoms with Gasteiger partial charge in [-0.3, -0.25) is 4.57 Å². The summed E-state index contributed by atoms with van der Waals surface area (Å²) in [7, 11) is 0. The van der Waals surface area contributed by atoms with Gasteiger partial charge in [-0.05, 0) is 12.8 Å². The first-order chi connectivity index (χ1) is 13.7. The molecule has 0 spiro atoms. The van der Waals surface area contributed by atoms with Crippen LogP contribution in [0.15, 0.2) is 31.4 Å². The Balaban J connectivity index is 1.44. The number of aliphatic hydroxyl groups excluding tert-OH is 2. The molecule has 3 aromatic rings. The van der Waals surface area contributed by atoms with Gasteiger partial charge in [-0.25, -0.2) is 19.9 Å². The Morgan fingerprint density at radius 2 is 2.11 bits per heavy atom. The molecule has 4 heterocycles. The smallest absolute Gasteiger partial charge is 0.167 e. The number of nitrogens with two attached hydrogens (primary N) is 1. The highest BCUT2D eigenvalue weighted by atomic mass is 16.6. The number of anilines is 1. The first kappa shape index (κ1) is 18.7. The molecule has 11 heteroatoms. The van der Waals surface area contributed by atoms with E-state index in [2.05, 4.69) is 19.9 Å². The predicted octanol–water partition coefficient (Wildman–Crippen LogP) is -0.279. The number of aliphatic hydroxyl groups is 2. The van der Waals surface area contributed by atoms with Gasteiger partial charge in [0.1, 0.15) is 30.2 Å². The van der Waals surface area contributed by atoms with Crippen molar-refractivity contribution in [3.8, 4) is 0 Å². The second-order valence-corrected chi connectivity index (χ2v) is 6.66. The van der Waals surface area contributed by atoms with Crippen LogP contribution in [0.4, 0.5) is 5.82 Å². The van der Waals surface area contributed by atoms with Crippen LogP contribution >= 0.6 is 0 Å². The van der Waals surface area contributed by atoms with E-state index >= 15 is 0 Å². The maximum absolute atomic E-state index is 10.5. The number of rotatable bonds is 8. The SMILES string of the molecule is Nc1ncnc2c1ncn2[C@@H]1O[C@H](CO)[C@@H](O)[C@H]1OCCCCn1ccnc1. The standard InChI is InChI=1S/C17H23N7O4/c18-15-12-16(21-8-20-15)24(10-22-12)17-14(13(26)11(7-25)28-17)27-6-2-1-4-23-5-3-19-9-23/h3,5,8-11,13-14,17,25-26H,1-2,4,6-7H2,(H2,18,20,21)/t11-,13-,14-,17-/m1/s1. The molecule has 150 valence electrons. The number of fused-ring (bicyclic) bond motifs is 1. The molecule has 0 unspecified atom stereocenters. The number of nitrogen functional groups attached to an aromatic ring is 1. The molecule has 1 aliphatic heterocycles. The summed E-state index contributed by atoms with van der Waals surface area (Å²) in [6.45, 7) is 0.970. The van der Waals surface area contributed by atoms with E-state index in [0.29, 0.717) is 17.8 Å². The van der Waals surface area contributed by atoms with Crippen molar-refractivity contribution in [2.24, 2.45) is 0 Å². The van der Waals surface area contributed by atoms with E-state index in [1.165, 1.54) is 12.7 Å². The fourth-order valence-corrected chi connectivity index (χ4v) is 3.36. The Bertz CT molecular complexity index is 900. The van der Waals surface area contributed by atoms with Gasteiger partial charge in [-0.2, -0.15) is 0 Å². The van der Waals surface area contributed by atoms with E-state index in [-0.39, 0.29) is 12.4 Å². The second-order valence-electron chi connectivity index (χ2n) is 6.66. The van der Waals surface area contributed by atoms with E-state index in [0.717, 1.165) is 19.4 Å². The molecule has 1 fully saturated rings. The average Bonchev–Trinajstić information content (AvgIpc) is 3.42. The molecular weight excluding hydrogens is 366 g/mol. The van der Waals surface area contributed by atoms with Crippen molar-refractivity contribution >= 4 is 17.0 Å². The molecule has 1 saturated heterocycles. The molecule has 0 bridgehead atoms. The summed E-state index contributed by atoms with van der Waals surface area (Å²) in [5.74, 6) is 0.262. The van der Waals surface area contributed by atoms with Gasteiger partial charge in [-0.1, -0.05) is 0 Å². The van der Waals surface area contributed by atoms with Gasteiger partial charge in [0.25, 0.3) is 0 Å². The van der Waals surface area contributed by atoms with Crippen molar-refractivity contribution in [3.05, 3.63) is 31.4 Å². The molecule has 0 aliphatic carbocycles. The molecule has 28 heavy (non-hydrogen) atoms. The third-order valence-corrected chi connectivity index (χ3v) is 4.83. The van der Waals surface area contributed by atoms with E-state index in [9.17, 15) is 10.2 Å². The van der Waals surface area contributed by atoms with Crippen molar-refractivity contribution < 1.29 is 19.7 Å². The zero-order chi connectivity index (χ0) is 19.5. The summed E-state index contributed by atoms with van der Waals surface area (Å²) in [5, 5.41) is 20.1. The van der Waals surface area contributed by atoms with Crippen LogP contribution in [0.1, 0.15) is 19.1 Å². The van der Waals surface area contributed by atoms with Crippen molar-refractivity contribution in [2.45, 2.75) is 43.9 Å². The number of ether oxygens (including phenoxy) is 2. The van der Waals surface area contributed by atoms with Crippen LogP contribution in [0.5, 0.6) is 0 Å². The van der Waals surface area contributed by atoms with E-state index < -0.39 is 24.5 Å². The maximum Gasteiger partial charge on any atom is 0.167 e. The Labute approximate surface area is 160 Å². The third-order valence-electron chi connectivity index (χ3n) is 4.83. The summed E-state index contributed by atoms with van der Waals surface area (Å²) in [5.41, 5.74) is 6.78. The lowest BCUT2D eigenvalue weighted by molar-refractivity contribution is -0.0711. The number of hydrogen-bond acceptors (Lipinski definition) is 9. The number of nitrogens with zero attached hydrogens (tertiary/aromatic N) is 6. The number of unbranched alkanes of at least 4 members (excludes halogenated alkanes) is 1. The van der Waals surface area contributed by atoms with Gasteiger partial charge in [0.2, 0.25) is 0 Å². The third kappa shape index (κ3) is 3.56. The van der Waals surface area contributed by atoms with Crippen LogP contribution in [0, 0.1) is 0 Å². The number of hydrogen-bond donors (Lipinski definition) is 3. The summed E-state index contributed by atoms with van der Waals surface area (Å²) in [4.78, 5) is 16.4. The van der Waals surface area contributed by atoms with E-state index in [1.54, 1.807) is 17.1 Å². The van der Waals surface area contributed by atoms with Gasteiger partial charge in [-0.15, -0.1) is 0 Å². The monoisotopic (exact) mass is 389 g/mol. The lowest BCUT2D eigenvalue weighted by atomic mass is 10.1. The minimum atomic E-state index is -0.972. The van der Waals surface area contributed by atoms with Crippen molar-refractivity contribution in [1.82, 2.24) is 29.1 Å². The van der Waals surface area contributed by atoms with Crippen LogP contribution in [-0.4, -0.2) is 70.8 Å². The average molecular weight is 389 g/mol. The molecule has 11 nitrogen and oxygen atoms in total. The highest BCUT2D eigenvalue weighted by Crippen LogP contribution is 2.34. The number of aromatic nitrogens is 6. The molecule has 0 amide bonds. The zero-order valence-corrected chi connectivity index (χ0v) is 15.2. The molecule has 0 radical (unpaired) electrons. The summed E-state index contributed by atoms with van der Waals surface area (Å²) >= 11 is 0. The van der Waals surface area contributed by atoms with Gasteiger partial charge in [0, 0.05) is 25.5 Å². The molecule has 3 aromatic heterocycles. The van der Waals surface area contributed by atoms with Crippen LogP contribution in [-0.2, 0) is 16.0 Å². The molecule has 0 aromatic carbocycles. The van der Waals surface area contributed by atoms with Crippen LogP contribution in [0.3, 0.4) is 0 Å². The van der Waals surface area contributed by atoms with Crippen LogP contribution < -0.4 is 5.73 Å². The molecule has 1 aliphatic rings. The minimum absolute atomic E-state index is 0.262. The number of aryl methyl sites for hydroxylation is 1. The van der Waals surface area contributed by atoms with E-state index in [4.69, 9.17) is 15.2 Å². The highest BCUT2D eigenvalue weighted by Gasteiger charge is 2.45. The fourth-order valence-electron chi connectivity index (χ4n) is 3.36. The first-order valence-electron chi connectivity index (χ1n) is 9.13. The molecular formula is C17H23N7O4. The Hall–Kier alpha value is -2.60. The molecule has 4 rings (SSSR count). The van der Waals surface area contributed by atoms with Crippen LogP contribution in [0.25, 0.3) is 11.2 Å². The predicted molar refractivity (Wildman–Crippen MR) is 97.9 cm³/mol. The lowest BCUT2D eigenvalue weighted by Gasteiger charge is -2.22. The van der Waals surface area contributed by atoms with Crippen LogP contribution in [0.2, 0.25) is 0 Å². The Morgan fingerprint density at radius 3 is 2.89 bits per heavy atom. The van der Waals surface area contributed by atoms with Crippen molar-refractivity contribution in [3.63, 3.8) is 0 Å². The van der Waals surface area contributed by atoms with Crippen molar-refractivity contribution in [1.29, 1.82) is 0 Å². The maximum atomic E-state index is 10.5. The fraction of sp³-hybridized carbons (Fsp3) is 0.529. The van der Waals surface area contributed by atoms with E-state index in [1.807, 2.05) is 10.8 Å². The quantitative estimate of drug-likeness (QED) is 0.443. The summed E-state index contributed by atoms with van der Waals surface area (Å²) in [6.07, 6.45) is 6.94. The van der Waals surface area contributed by atoms with Gasteiger partial charge < -0.3 is 30.0 Å². The summed E-state index contributed by atoms with van der Waals surface area (Å²) in [6, 6.07) is 0. The summed E-state index contributed by atoms with van der Waals surface area (Å²) < 4.78 is 15.4. The largest absolute Gasteiger partial charge is 0.394 e. The normalized spacial score (nSPS) is 24.9. The molecule has 4 N–H and O–H groups in total. The van der Waals surface area contributed by atoms with Gasteiger partial charge in [0.05, 0.1) is 19.3 Å². The Kier molecular flexibility index (Phi) is 5.48. The van der Waals surface area contributed by atoms with Gasteiger partial charge >= 0.3 is 0 Å². The van der Waals surface area contributed by atoms with Crippen molar-refractivity contribution in [2.75, 3.05) is 18.9 Å². The number of imidazole rings is 2. The Morgan fingerprint density at radius 1 is 1.21 bits per heavy atom. The van der Waals surface area contributed by atoms with Gasteiger partial charge in [0.15, 0.2) is 17.7 Å². The lowest BCUT2D eigenvalue weighted by Crippen LogP contribution is -2.35. The highest BCUT2D eigenvalue weighted by molar-refractivity contribution is 5.81. The zero-order valence-electron chi connectivity index (χ0n) is 15.2. The first-order valence-corrected chi connectivity index (χ1v) is 9.13. The second kappa shape index (κ2) is 8.19.